The Kier molecular flexibility index (Phi) is 11.2. The summed E-state index contributed by atoms with van der Waals surface area (Å²) < 4.78 is 5.97. The van der Waals surface area contributed by atoms with Gasteiger partial charge in [0.05, 0.1) is 16.5 Å². The number of nitrogens with zero attached hydrogens (tertiary/aromatic N) is 2. The summed E-state index contributed by atoms with van der Waals surface area (Å²) in [5, 5.41) is 18.4. The Hall–Kier alpha value is -3.83. The van der Waals surface area contributed by atoms with Crippen LogP contribution in [0.4, 0.5) is 0 Å². The lowest BCUT2D eigenvalue weighted by atomic mass is 9.68. The number of hydrazine groups is 1. The molecule has 1 aliphatic carbocycles. The molecule has 2 fully saturated rings. The van der Waals surface area contributed by atoms with Crippen LogP contribution >= 0.6 is 0 Å². The Morgan fingerprint density at radius 2 is 1.83 bits per heavy atom. The van der Waals surface area contributed by atoms with Gasteiger partial charge >= 0.3 is 5.97 Å². The molecular formula is C35H49N5O6. The quantitative estimate of drug-likeness (QED) is 0.290. The van der Waals surface area contributed by atoms with E-state index in [2.05, 4.69) is 23.0 Å². The molecule has 2 aromatic rings. The van der Waals surface area contributed by atoms with Gasteiger partial charge in [-0.25, -0.2) is 5.43 Å². The van der Waals surface area contributed by atoms with Crippen LogP contribution in [0.25, 0.3) is 17.0 Å². The zero-order chi connectivity index (χ0) is 33.6. The van der Waals surface area contributed by atoms with Gasteiger partial charge in [0.2, 0.25) is 5.91 Å². The summed E-state index contributed by atoms with van der Waals surface area (Å²) in [6.45, 7) is 9.37. The lowest BCUT2D eigenvalue weighted by Crippen LogP contribution is -2.61. The molecule has 250 valence electrons. The van der Waals surface area contributed by atoms with E-state index in [4.69, 9.17) is 9.72 Å². The summed E-state index contributed by atoms with van der Waals surface area (Å²) in [5.41, 5.74) is 3.75. The SMILES string of the molecule is CCc1ccc2ccc(/C=C/C3(C(=O)OC(C(=O)NC(C)C(=O)N4CCCC(C(=O)NC)N4)C(C)C)CCC(C)(O)CC3)cc2n1. The lowest BCUT2D eigenvalue weighted by Gasteiger charge is -2.40. The van der Waals surface area contributed by atoms with Crippen LogP contribution in [-0.4, -0.2) is 76.2 Å². The number of rotatable bonds is 10. The van der Waals surface area contributed by atoms with E-state index in [1.54, 1.807) is 34.7 Å². The Morgan fingerprint density at radius 3 is 2.48 bits per heavy atom. The first-order chi connectivity index (χ1) is 21.8. The second kappa shape index (κ2) is 14.7. The first kappa shape index (κ1) is 35.0. The second-order valence-corrected chi connectivity index (χ2v) is 13.3. The summed E-state index contributed by atoms with van der Waals surface area (Å²) in [5.74, 6) is -2.08. The van der Waals surface area contributed by atoms with Crippen molar-refractivity contribution in [1.82, 2.24) is 26.1 Å². The number of ether oxygens (including phenoxy) is 1. The van der Waals surface area contributed by atoms with Crippen molar-refractivity contribution in [1.29, 1.82) is 0 Å². The van der Waals surface area contributed by atoms with Crippen molar-refractivity contribution < 1.29 is 29.0 Å². The van der Waals surface area contributed by atoms with E-state index in [9.17, 15) is 24.3 Å². The van der Waals surface area contributed by atoms with Gasteiger partial charge in [0.25, 0.3) is 11.8 Å². The molecule has 11 heteroatoms. The fraction of sp³-hybridized carbons (Fsp3) is 0.571. The first-order valence-corrected chi connectivity index (χ1v) is 16.4. The number of aliphatic hydroxyl groups is 1. The molecule has 3 unspecified atom stereocenters. The summed E-state index contributed by atoms with van der Waals surface area (Å²) in [6, 6.07) is 8.57. The van der Waals surface area contributed by atoms with Gasteiger partial charge < -0.3 is 20.5 Å². The summed E-state index contributed by atoms with van der Waals surface area (Å²) in [6.07, 6.45) is 6.18. The van der Waals surface area contributed by atoms with Crippen LogP contribution in [-0.2, 0) is 30.3 Å². The highest BCUT2D eigenvalue weighted by molar-refractivity contribution is 5.91. The topological polar surface area (TPSA) is 150 Å². The molecule has 46 heavy (non-hydrogen) atoms. The van der Waals surface area contributed by atoms with Gasteiger partial charge in [-0.15, -0.1) is 0 Å². The highest BCUT2D eigenvalue weighted by atomic mass is 16.5. The Labute approximate surface area is 271 Å². The molecule has 11 nitrogen and oxygen atoms in total. The molecule has 1 aromatic heterocycles. The average Bonchev–Trinajstić information content (AvgIpc) is 3.05. The predicted octanol–water partition coefficient (Wildman–Crippen LogP) is 3.44. The van der Waals surface area contributed by atoms with Gasteiger partial charge in [0.1, 0.15) is 12.1 Å². The third kappa shape index (κ3) is 8.30. The number of benzene rings is 1. The first-order valence-electron chi connectivity index (χ1n) is 16.4. The van der Waals surface area contributed by atoms with Crippen LogP contribution in [0.2, 0.25) is 0 Å². The van der Waals surface area contributed by atoms with Crippen LogP contribution in [0.15, 0.2) is 36.4 Å². The molecule has 3 atom stereocenters. The predicted molar refractivity (Wildman–Crippen MR) is 176 cm³/mol. The Morgan fingerprint density at radius 1 is 1.13 bits per heavy atom. The number of likely N-dealkylation sites (N-methyl/N-ethyl adjacent to an activating group) is 1. The van der Waals surface area contributed by atoms with Gasteiger partial charge in [0.15, 0.2) is 6.10 Å². The van der Waals surface area contributed by atoms with Crippen molar-refractivity contribution in [2.45, 2.75) is 103 Å². The van der Waals surface area contributed by atoms with Gasteiger partial charge in [-0.1, -0.05) is 51.1 Å². The Bertz CT molecular complexity index is 1460. The van der Waals surface area contributed by atoms with Crippen molar-refractivity contribution in [3.05, 3.63) is 47.7 Å². The largest absolute Gasteiger partial charge is 0.451 e. The molecule has 1 aromatic carbocycles. The van der Waals surface area contributed by atoms with E-state index in [1.165, 1.54) is 5.01 Å². The number of amides is 3. The maximum atomic E-state index is 14.0. The van der Waals surface area contributed by atoms with Crippen molar-refractivity contribution in [2.24, 2.45) is 11.3 Å². The molecule has 4 N–H and O–H groups in total. The fourth-order valence-corrected chi connectivity index (χ4v) is 6.03. The third-order valence-electron chi connectivity index (χ3n) is 9.20. The van der Waals surface area contributed by atoms with Gasteiger partial charge in [0, 0.05) is 24.7 Å². The molecule has 2 aliphatic rings. The summed E-state index contributed by atoms with van der Waals surface area (Å²) >= 11 is 0. The maximum Gasteiger partial charge on any atom is 0.316 e. The minimum Gasteiger partial charge on any atom is -0.451 e. The number of fused-ring (bicyclic) bond motifs is 1. The Balaban J connectivity index is 1.50. The van der Waals surface area contributed by atoms with Crippen LogP contribution in [0.1, 0.15) is 84.4 Å². The number of aromatic nitrogens is 1. The molecule has 1 saturated carbocycles. The zero-order valence-corrected chi connectivity index (χ0v) is 27.9. The molecule has 1 saturated heterocycles. The van der Waals surface area contributed by atoms with Crippen molar-refractivity contribution >= 4 is 40.7 Å². The molecule has 0 radical (unpaired) electrons. The molecule has 0 spiro atoms. The zero-order valence-electron chi connectivity index (χ0n) is 27.9. The molecular weight excluding hydrogens is 586 g/mol. The van der Waals surface area contributed by atoms with E-state index < -0.39 is 41.1 Å². The van der Waals surface area contributed by atoms with E-state index >= 15 is 0 Å². The van der Waals surface area contributed by atoms with E-state index in [-0.39, 0.29) is 17.7 Å². The van der Waals surface area contributed by atoms with Crippen LogP contribution < -0.4 is 16.1 Å². The minimum absolute atomic E-state index is 0.212. The molecule has 2 heterocycles. The van der Waals surface area contributed by atoms with Crippen LogP contribution in [0, 0.1) is 11.3 Å². The normalized spacial score (nSPS) is 24.9. The number of aryl methyl sites for hydroxylation is 1. The lowest BCUT2D eigenvalue weighted by molar-refractivity contribution is -0.170. The van der Waals surface area contributed by atoms with Gasteiger partial charge in [-0.05, 0) is 82.4 Å². The highest BCUT2D eigenvalue weighted by Gasteiger charge is 2.46. The highest BCUT2D eigenvalue weighted by Crippen LogP contribution is 2.44. The number of nitrogens with one attached hydrogen (secondary N) is 3. The third-order valence-corrected chi connectivity index (χ3v) is 9.20. The molecule has 4 rings (SSSR count). The number of carbonyl (C=O) groups excluding carboxylic acids is 4. The number of carbonyl (C=O) groups is 4. The summed E-state index contributed by atoms with van der Waals surface area (Å²) in [4.78, 5) is 57.5. The number of hydrogen-bond acceptors (Lipinski definition) is 8. The fourth-order valence-electron chi connectivity index (χ4n) is 6.03. The van der Waals surface area contributed by atoms with Crippen molar-refractivity contribution in [3.63, 3.8) is 0 Å². The number of esters is 1. The second-order valence-electron chi connectivity index (χ2n) is 13.3. The van der Waals surface area contributed by atoms with E-state index in [0.29, 0.717) is 45.1 Å². The van der Waals surface area contributed by atoms with Crippen LogP contribution in [0.5, 0.6) is 0 Å². The maximum absolute atomic E-state index is 14.0. The van der Waals surface area contributed by atoms with Gasteiger partial charge in [-0.3, -0.25) is 29.2 Å². The van der Waals surface area contributed by atoms with Crippen molar-refractivity contribution in [2.75, 3.05) is 13.6 Å². The van der Waals surface area contributed by atoms with E-state index in [1.807, 2.05) is 42.5 Å². The van der Waals surface area contributed by atoms with Crippen LogP contribution in [0.3, 0.4) is 0 Å². The monoisotopic (exact) mass is 635 g/mol. The average molecular weight is 636 g/mol. The van der Waals surface area contributed by atoms with Gasteiger partial charge in [-0.2, -0.15) is 0 Å². The van der Waals surface area contributed by atoms with Crippen molar-refractivity contribution in [3.8, 4) is 0 Å². The standard InChI is InChI=1S/C35H49N5O6/c1-7-26-13-12-25-11-10-24(21-28(25)38-26)14-15-35(18-16-34(5,45)17-19-35)33(44)46-29(22(2)3)31(42)37-23(4)32(43)40-20-8-9-27(39-40)30(41)36-6/h10-15,21-23,27,29,39,45H,7-9,16-20H2,1-6H3,(H,36,41)(H,37,42)/b15-14+. The number of pyridine rings is 1. The van der Waals surface area contributed by atoms with E-state index in [0.717, 1.165) is 28.6 Å². The minimum atomic E-state index is -1.14. The molecule has 1 aliphatic heterocycles. The molecule has 0 bridgehead atoms. The molecule has 3 amide bonds. The smallest absolute Gasteiger partial charge is 0.316 e. The summed E-state index contributed by atoms with van der Waals surface area (Å²) in [7, 11) is 1.54. The number of hydrogen-bond donors (Lipinski definition) is 4.